The van der Waals surface area contributed by atoms with Gasteiger partial charge in [-0.1, -0.05) is 18.2 Å². The Morgan fingerprint density at radius 3 is 2.70 bits per heavy atom. The quantitative estimate of drug-likeness (QED) is 0.803. The van der Waals surface area contributed by atoms with Gasteiger partial charge in [-0.15, -0.1) is 0 Å². The highest BCUT2D eigenvalue weighted by Gasteiger charge is 2.46. The van der Waals surface area contributed by atoms with Crippen LogP contribution < -0.4 is 10.1 Å². The van der Waals surface area contributed by atoms with E-state index in [2.05, 4.69) is 10.2 Å². The van der Waals surface area contributed by atoms with Gasteiger partial charge in [0.25, 0.3) is 5.91 Å². The number of likely N-dealkylation sites (N-methyl/N-ethyl adjacent to an activating group) is 1. The summed E-state index contributed by atoms with van der Waals surface area (Å²) in [5.41, 5.74) is 0.412. The molecule has 7 nitrogen and oxygen atoms in total. The van der Waals surface area contributed by atoms with Gasteiger partial charge in [-0.05, 0) is 44.9 Å². The second kappa shape index (κ2) is 8.27. The third-order valence-corrected chi connectivity index (χ3v) is 5.79. The predicted molar refractivity (Wildman–Crippen MR) is 101 cm³/mol. The van der Waals surface area contributed by atoms with E-state index in [1.54, 1.807) is 4.90 Å². The van der Waals surface area contributed by atoms with Gasteiger partial charge in [0.15, 0.2) is 6.10 Å². The number of aliphatic hydroxyl groups excluding tert-OH is 1. The molecule has 1 aromatic rings. The summed E-state index contributed by atoms with van der Waals surface area (Å²) in [4.78, 5) is 28.9. The van der Waals surface area contributed by atoms with Crippen molar-refractivity contribution in [3.8, 4) is 5.75 Å². The van der Waals surface area contributed by atoms with Crippen LogP contribution in [-0.2, 0) is 9.59 Å². The number of hydrogen-bond donors (Lipinski definition) is 2. The minimum absolute atomic E-state index is 0.0537. The highest BCUT2D eigenvalue weighted by Crippen LogP contribution is 2.30. The number of hydrogen-bond acceptors (Lipinski definition) is 5. The topological polar surface area (TPSA) is 82.1 Å². The van der Waals surface area contributed by atoms with Crippen LogP contribution in [0, 0.1) is 6.92 Å². The fourth-order valence-electron chi connectivity index (χ4n) is 3.94. The average Bonchev–Trinajstić information content (AvgIpc) is 2.81. The lowest BCUT2D eigenvalue weighted by molar-refractivity contribution is -0.148. The number of aliphatic hydroxyl groups is 1. The number of benzene rings is 1. The van der Waals surface area contributed by atoms with E-state index in [4.69, 9.17) is 4.74 Å². The van der Waals surface area contributed by atoms with E-state index in [1.807, 2.05) is 38.2 Å². The first-order chi connectivity index (χ1) is 12.9. The normalized spacial score (nSPS) is 21.4. The van der Waals surface area contributed by atoms with E-state index < -0.39 is 11.6 Å². The lowest BCUT2D eigenvalue weighted by atomic mass is 9.85. The zero-order valence-electron chi connectivity index (χ0n) is 16.1. The molecule has 3 rings (SSSR count). The predicted octanol–water partition coefficient (Wildman–Crippen LogP) is 0.548. The summed E-state index contributed by atoms with van der Waals surface area (Å²) in [5, 5.41) is 13.3. The molecule has 0 bridgehead atoms. The molecule has 0 radical (unpaired) electrons. The Morgan fingerprint density at radius 1 is 1.30 bits per heavy atom. The number of carbonyl (C=O) groups is 2. The van der Waals surface area contributed by atoms with Gasteiger partial charge in [-0.3, -0.25) is 14.5 Å². The molecule has 7 heteroatoms. The first kappa shape index (κ1) is 19.6. The van der Waals surface area contributed by atoms with E-state index in [0.29, 0.717) is 38.2 Å². The SMILES string of the molecule is Cc1ccccc1OC[C@H](O)C(=O)N1CCC2(CC1)C(=O)NCCCN2C. The fourth-order valence-corrected chi connectivity index (χ4v) is 3.94. The lowest BCUT2D eigenvalue weighted by Crippen LogP contribution is -2.62. The molecule has 0 aromatic heterocycles. The van der Waals surface area contributed by atoms with Crippen molar-refractivity contribution >= 4 is 11.8 Å². The Bertz CT molecular complexity index is 686. The van der Waals surface area contributed by atoms with E-state index in [0.717, 1.165) is 18.5 Å². The maximum Gasteiger partial charge on any atom is 0.254 e. The van der Waals surface area contributed by atoms with Crippen molar-refractivity contribution in [3.63, 3.8) is 0 Å². The summed E-state index contributed by atoms with van der Waals surface area (Å²) < 4.78 is 5.60. The molecule has 1 atom stereocenters. The van der Waals surface area contributed by atoms with E-state index in [1.165, 1.54) is 0 Å². The molecule has 2 aliphatic heterocycles. The number of amides is 2. The van der Waals surface area contributed by atoms with Crippen LogP contribution in [0.3, 0.4) is 0 Å². The number of nitrogens with one attached hydrogen (secondary N) is 1. The second-order valence-electron chi connectivity index (χ2n) is 7.48. The first-order valence-corrected chi connectivity index (χ1v) is 9.59. The van der Waals surface area contributed by atoms with Crippen molar-refractivity contribution in [1.29, 1.82) is 0 Å². The summed E-state index contributed by atoms with van der Waals surface area (Å²) >= 11 is 0. The number of carbonyl (C=O) groups excluding carboxylic acids is 2. The van der Waals surface area contributed by atoms with Crippen LogP contribution in [0.1, 0.15) is 24.8 Å². The molecule has 0 aliphatic carbocycles. The zero-order chi connectivity index (χ0) is 19.4. The van der Waals surface area contributed by atoms with Crippen LogP contribution in [0.4, 0.5) is 0 Å². The Kier molecular flexibility index (Phi) is 6.01. The highest BCUT2D eigenvalue weighted by atomic mass is 16.5. The van der Waals surface area contributed by atoms with Crippen LogP contribution >= 0.6 is 0 Å². The van der Waals surface area contributed by atoms with Crippen LogP contribution in [0.2, 0.25) is 0 Å². The van der Waals surface area contributed by atoms with Crippen molar-refractivity contribution in [3.05, 3.63) is 29.8 Å². The van der Waals surface area contributed by atoms with Gasteiger partial charge in [-0.2, -0.15) is 0 Å². The number of nitrogens with zero attached hydrogens (tertiary/aromatic N) is 2. The number of likely N-dealkylation sites (tertiary alicyclic amines) is 1. The summed E-state index contributed by atoms with van der Waals surface area (Å²) in [5.74, 6) is 0.381. The molecule has 2 fully saturated rings. The van der Waals surface area contributed by atoms with Gasteiger partial charge in [-0.25, -0.2) is 0 Å². The molecule has 148 valence electrons. The third-order valence-electron chi connectivity index (χ3n) is 5.79. The summed E-state index contributed by atoms with van der Waals surface area (Å²) in [6.07, 6.45) is 0.875. The Morgan fingerprint density at radius 2 is 2.00 bits per heavy atom. The van der Waals surface area contributed by atoms with Gasteiger partial charge in [0.1, 0.15) is 17.9 Å². The number of ether oxygens (including phenoxy) is 1. The monoisotopic (exact) mass is 375 g/mol. The molecule has 0 unspecified atom stereocenters. The molecule has 1 aromatic carbocycles. The van der Waals surface area contributed by atoms with Crippen LogP contribution in [0.25, 0.3) is 0 Å². The van der Waals surface area contributed by atoms with E-state index in [-0.39, 0.29) is 18.4 Å². The van der Waals surface area contributed by atoms with Gasteiger partial charge in [0.2, 0.25) is 5.91 Å². The number of aryl methyl sites for hydroxylation is 1. The van der Waals surface area contributed by atoms with E-state index >= 15 is 0 Å². The third kappa shape index (κ3) is 4.09. The average molecular weight is 375 g/mol. The largest absolute Gasteiger partial charge is 0.490 e. The molecule has 2 N–H and O–H groups in total. The van der Waals surface area contributed by atoms with Crippen LogP contribution in [0.5, 0.6) is 5.75 Å². The molecule has 1 spiro atoms. The van der Waals surface area contributed by atoms with Crippen molar-refractivity contribution in [2.45, 2.75) is 37.8 Å². The smallest absolute Gasteiger partial charge is 0.254 e. The standard InChI is InChI=1S/C20H29N3O4/c1-15-6-3-4-7-17(15)27-14-16(24)18(25)23-12-8-20(9-13-23)19(26)21-10-5-11-22(20)2/h3-4,6-7,16,24H,5,8-14H2,1-2H3,(H,21,26)/t16-/m0/s1. The summed E-state index contributed by atoms with van der Waals surface area (Å²) in [6.45, 7) is 4.31. The molecule has 2 saturated heterocycles. The van der Waals surface area contributed by atoms with Crippen LogP contribution in [0.15, 0.2) is 24.3 Å². The molecule has 2 heterocycles. The zero-order valence-corrected chi connectivity index (χ0v) is 16.1. The van der Waals surface area contributed by atoms with Gasteiger partial charge >= 0.3 is 0 Å². The number of rotatable bonds is 4. The Hall–Kier alpha value is -2.12. The maximum absolute atomic E-state index is 12.6. The first-order valence-electron chi connectivity index (χ1n) is 9.59. The Balaban J connectivity index is 1.56. The molecular formula is C20H29N3O4. The molecule has 2 aliphatic rings. The van der Waals surface area contributed by atoms with Crippen molar-refractivity contribution in [2.24, 2.45) is 0 Å². The van der Waals surface area contributed by atoms with Gasteiger partial charge in [0, 0.05) is 26.2 Å². The minimum Gasteiger partial charge on any atom is -0.490 e. The van der Waals surface area contributed by atoms with E-state index in [9.17, 15) is 14.7 Å². The molecular weight excluding hydrogens is 346 g/mol. The molecule has 0 saturated carbocycles. The lowest BCUT2D eigenvalue weighted by Gasteiger charge is -2.45. The molecule has 2 amide bonds. The van der Waals surface area contributed by atoms with Crippen molar-refractivity contribution in [1.82, 2.24) is 15.1 Å². The Labute approximate surface area is 160 Å². The highest BCUT2D eigenvalue weighted by molar-refractivity contribution is 5.87. The fraction of sp³-hybridized carbons (Fsp3) is 0.600. The van der Waals surface area contributed by atoms with Crippen LogP contribution in [-0.4, -0.2) is 78.2 Å². The number of para-hydroxylation sites is 1. The maximum atomic E-state index is 12.6. The summed E-state index contributed by atoms with van der Waals surface area (Å²) in [7, 11) is 1.98. The molecule has 27 heavy (non-hydrogen) atoms. The van der Waals surface area contributed by atoms with Gasteiger partial charge < -0.3 is 20.1 Å². The van der Waals surface area contributed by atoms with Crippen molar-refractivity contribution < 1.29 is 19.4 Å². The summed E-state index contributed by atoms with van der Waals surface area (Å²) in [6, 6.07) is 7.50. The second-order valence-corrected chi connectivity index (χ2v) is 7.48. The van der Waals surface area contributed by atoms with Crippen molar-refractivity contribution in [2.75, 3.05) is 39.8 Å². The number of piperidine rings is 1. The van der Waals surface area contributed by atoms with Gasteiger partial charge in [0.05, 0.1) is 0 Å². The minimum atomic E-state index is -1.21.